The molecule has 1 N–H and O–H groups in total. The van der Waals surface area contributed by atoms with E-state index in [-0.39, 0.29) is 16.6 Å². The van der Waals surface area contributed by atoms with E-state index in [1.54, 1.807) is 53.8 Å². The number of nitrogens with one attached hydrogen (secondary N) is 1. The maximum atomic E-state index is 13.6. The molecule has 45 heavy (non-hydrogen) atoms. The van der Waals surface area contributed by atoms with Gasteiger partial charge in [0.15, 0.2) is 5.65 Å². The molecule has 12 nitrogen and oxygen atoms in total. The molecule has 0 spiro atoms. The molecule has 1 aliphatic rings. The average Bonchev–Trinajstić information content (AvgIpc) is 3.64. The molecule has 0 atom stereocenters. The van der Waals surface area contributed by atoms with E-state index >= 15 is 0 Å². The lowest BCUT2D eigenvalue weighted by Crippen LogP contribution is -2.39. The first-order valence-corrected chi connectivity index (χ1v) is 16.3. The fourth-order valence-electron chi connectivity index (χ4n) is 5.20. The van der Waals surface area contributed by atoms with Crippen LogP contribution in [0, 0.1) is 0 Å². The van der Waals surface area contributed by atoms with Crippen molar-refractivity contribution in [3.8, 4) is 11.1 Å². The highest BCUT2D eigenvalue weighted by atomic mass is 32.2. The van der Waals surface area contributed by atoms with E-state index in [9.17, 15) is 18.0 Å². The summed E-state index contributed by atoms with van der Waals surface area (Å²) in [6.45, 7) is 7.70. The average molecular weight is 632 g/mol. The molecule has 6 rings (SSSR count). The van der Waals surface area contributed by atoms with Crippen LogP contribution < -0.4 is 5.32 Å². The van der Waals surface area contributed by atoms with Crippen molar-refractivity contribution in [2.24, 2.45) is 0 Å². The van der Waals surface area contributed by atoms with Gasteiger partial charge in [0, 0.05) is 55.1 Å². The van der Waals surface area contributed by atoms with Crippen LogP contribution >= 0.6 is 0 Å². The minimum absolute atomic E-state index is 0.160. The van der Waals surface area contributed by atoms with Crippen LogP contribution in [-0.2, 0) is 26.0 Å². The summed E-state index contributed by atoms with van der Waals surface area (Å²) < 4.78 is 35.2. The molecule has 0 bridgehead atoms. The van der Waals surface area contributed by atoms with Crippen LogP contribution in [0.1, 0.15) is 45.7 Å². The molecule has 236 valence electrons. The number of benzene rings is 1. The Hall–Kier alpha value is -4.78. The van der Waals surface area contributed by atoms with Crippen molar-refractivity contribution in [3.63, 3.8) is 0 Å². The predicted molar refractivity (Wildman–Crippen MR) is 170 cm³/mol. The number of carbonyl (C=O) groups is 2. The molecule has 5 heterocycles. The van der Waals surface area contributed by atoms with E-state index in [0.717, 1.165) is 42.6 Å². The molecule has 4 aromatic heterocycles. The largest absolute Gasteiger partial charge is 0.444 e. The number of rotatable bonds is 7. The van der Waals surface area contributed by atoms with Crippen LogP contribution in [0.4, 0.5) is 4.79 Å². The number of ether oxygens (including phenoxy) is 1. The molecular weight excluding hydrogens is 594 g/mol. The maximum Gasteiger partial charge on any atom is 0.410 e. The van der Waals surface area contributed by atoms with Crippen LogP contribution in [-0.4, -0.2) is 74.8 Å². The van der Waals surface area contributed by atoms with Crippen molar-refractivity contribution in [3.05, 3.63) is 78.9 Å². The number of fused-ring (bicyclic) bond motifs is 2. The number of likely N-dealkylation sites (tertiary alicyclic amines) is 1. The molecule has 1 aromatic carbocycles. The number of aromatic nitrogens is 5. The topological polar surface area (TPSA) is 141 Å². The van der Waals surface area contributed by atoms with Gasteiger partial charge in [-0.25, -0.2) is 22.2 Å². The van der Waals surface area contributed by atoms with Crippen LogP contribution in [0.3, 0.4) is 0 Å². The summed E-state index contributed by atoms with van der Waals surface area (Å²) in [5, 5.41) is 11.8. The smallest absolute Gasteiger partial charge is 0.410 e. The molecule has 1 aliphatic heterocycles. The first-order chi connectivity index (χ1) is 21.6. The van der Waals surface area contributed by atoms with Gasteiger partial charge < -0.3 is 15.0 Å². The second kappa shape index (κ2) is 13.5. The van der Waals surface area contributed by atoms with Gasteiger partial charge in [-0.05, 0) is 82.0 Å². The highest BCUT2D eigenvalue weighted by Gasteiger charge is 2.26. The molecule has 5 aromatic rings. The molecule has 13 heteroatoms. The van der Waals surface area contributed by atoms with Crippen LogP contribution in [0.25, 0.3) is 27.7 Å². The summed E-state index contributed by atoms with van der Waals surface area (Å²) >= 11 is 0. The molecule has 2 amide bonds. The zero-order chi connectivity index (χ0) is 32.0. The summed E-state index contributed by atoms with van der Waals surface area (Å²) in [5.41, 5.74) is 2.88. The van der Waals surface area contributed by atoms with Gasteiger partial charge in [-0.1, -0.05) is 18.2 Å². The van der Waals surface area contributed by atoms with Gasteiger partial charge in [0.2, 0.25) is 6.41 Å². The Labute approximate surface area is 262 Å². The van der Waals surface area contributed by atoms with Crippen LogP contribution in [0.15, 0.2) is 78.1 Å². The Morgan fingerprint density at radius 3 is 2.44 bits per heavy atom. The molecule has 0 saturated carbocycles. The van der Waals surface area contributed by atoms with Crippen molar-refractivity contribution < 1.29 is 22.7 Å². The van der Waals surface area contributed by atoms with E-state index < -0.39 is 10.0 Å². The van der Waals surface area contributed by atoms with Gasteiger partial charge in [-0.3, -0.25) is 4.79 Å². The SMILES string of the molecule is CC(C)(C)OC(=O)N1CCCCC1.O=CNCCc1cc2c(-c3cnn4ncccc34)ccnc2n1S(=O)(=O)c1ccccc1. The van der Waals surface area contributed by atoms with Crippen molar-refractivity contribution in [2.45, 2.75) is 57.0 Å². The van der Waals surface area contributed by atoms with Gasteiger partial charge >= 0.3 is 6.09 Å². The van der Waals surface area contributed by atoms with E-state index in [0.29, 0.717) is 36.1 Å². The first kappa shape index (κ1) is 31.6. The molecular formula is C32H37N7O5S. The minimum Gasteiger partial charge on any atom is -0.444 e. The standard InChI is InChI=1S/C22H18N6O3S.C10H19NO2/c29-15-23-11-8-16-13-19-18(20-14-26-28-21(20)7-4-10-25-28)9-12-24-22(19)27(16)32(30,31)17-5-2-1-3-6-17;1-10(2,3)13-9(12)11-7-5-4-6-8-11/h1-7,9-10,12-15H,8,11H2,(H,23,29);4-8H2,1-3H3. The van der Waals surface area contributed by atoms with Gasteiger partial charge in [0.1, 0.15) is 5.60 Å². The Balaban J connectivity index is 0.000000259. The number of hydrogen-bond donors (Lipinski definition) is 1. The second-order valence-corrected chi connectivity index (χ2v) is 13.4. The van der Waals surface area contributed by atoms with E-state index in [1.165, 1.54) is 15.0 Å². The maximum absolute atomic E-state index is 13.6. The Morgan fingerprint density at radius 2 is 1.73 bits per heavy atom. The summed E-state index contributed by atoms with van der Waals surface area (Å²) in [6.07, 6.45) is 9.14. The van der Waals surface area contributed by atoms with Gasteiger partial charge in [0.05, 0.1) is 16.6 Å². The summed E-state index contributed by atoms with van der Waals surface area (Å²) in [5.74, 6) is 0. The predicted octanol–water partition coefficient (Wildman–Crippen LogP) is 4.68. The van der Waals surface area contributed by atoms with Crippen molar-refractivity contribution >= 4 is 39.1 Å². The fraction of sp³-hybridized carbons (Fsp3) is 0.344. The third-order valence-electron chi connectivity index (χ3n) is 7.23. The molecule has 0 unspecified atom stereocenters. The monoisotopic (exact) mass is 631 g/mol. The Kier molecular flexibility index (Phi) is 9.47. The highest BCUT2D eigenvalue weighted by Crippen LogP contribution is 2.34. The number of carbonyl (C=O) groups excluding carboxylic acids is 2. The quantitative estimate of drug-likeness (QED) is 0.202. The van der Waals surface area contributed by atoms with Crippen molar-refractivity contribution in [1.82, 2.24) is 34.0 Å². The molecule has 1 saturated heterocycles. The second-order valence-electron chi connectivity index (χ2n) is 11.6. The number of hydrogen-bond acceptors (Lipinski definition) is 8. The number of amides is 2. The molecule has 0 radical (unpaired) electrons. The van der Waals surface area contributed by atoms with Gasteiger partial charge in [0.25, 0.3) is 10.0 Å². The highest BCUT2D eigenvalue weighted by molar-refractivity contribution is 7.90. The zero-order valence-electron chi connectivity index (χ0n) is 25.6. The first-order valence-electron chi connectivity index (χ1n) is 14.8. The fourth-order valence-corrected chi connectivity index (χ4v) is 6.74. The normalized spacial score (nSPS) is 13.7. The molecule has 0 aliphatic carbocycles. The number of piperidine rings is 1. The molecule has 1 fully saturated rings. The van der Waals surface area contributed by atoms with Crippen LogP contribution in [0.2, 0.25) is 0 Å². The van der Waals surface area contributed by atoms with E-state index in [1.807, 2.05) is 45.0 Å². The van der Waals surface area contributed by atoms with Crippen molar-refractivity contribution in [1.29, 1.82) is 0 Å². The van der Waals surface area contributed by atoms with Crippen molar-refractivity contribution in [2.75, 3.05) is 19.6 Å². The number of nitrogens with zero attached hydrogens (tertiary/aromatic N) is 6. The third kappa shape index (κ3) is 7.14. The zero-order valence-corrected chi connectivity index (χ0v) is 26.4. The number of pyridine rings is 1. The van der Waals surface area contributed by atoms with E-state index in [2.05, 4.69) is 20.5 Å². The lowest BCUT2D eigenvalue weighted by molar-refractivity contribution is -0.109. The lowest BCUT2D eigenvalue weighted by atomic mass is 10.1. The summed E-state index contributed by atoms with van der Waals surface area (Å²) in [4.78, 5) is 28.6. The minimum atomic E-state index is -3.91. The van der Waals surface area contributed by atoms with E-state index in [4.69, 9.17) is 4.74 Å². The van der Waals surface area contributed by atoms with Gasteiger partial charge in [-0.15, -0.1) is 0 Å². The van der Waals surface area contributed by atoms with Gasteiger partial charge in [-0.2, -0.15) is 14.8 Å². The summed E-state index contributed by atoms with van der Waals surface area (Å²) in [7, 11) is -3.91. The van der Waals surface area contributed by atoms with Crippen LogP contribution in [0.5, 0.6) is 0 Å². The Bertz CT molecular complexity index is 1890. The lowest BCUT2D eigenvalue weighted by Gasteiger charge is -2.29. The third-order valence-corrected chi connectivity index (χ3v) is 8.98. The summed E-state index contributed by atoms with van der Waals surface area (Å²) in [6, 6.07) is 15.6. The Morgan fingerprint density at radius 1 is 0.978 bits per heavy atom.